The van der Waals surface area contributed by atoms with Crippen LogP contribution in [0.4, 0.5) is 0 Å². The lowest BCUT2D eigenvalue weighted by atomic mass is 9.47. The van der Waals surface area contributed by atoms with Crippen molar-refractivity contribution in [3.05, 3.63) is 23.3 Å². The van der Waals surface area contributed by atoms with Gasteiger partial charge in [0.25, 0.3) is 0 Å². The molecule has 0 unspecified atom stereocenters. The Hall–Kier alpha value is -1.09. The standard InChI is InChI=1S/C22H34O2.H3N/c1-15(2)17-7-9-19-18(13-17)8-10-20-21(4,14-24-16(3)23)11-6-12-22(19,20)5;/h8,13,15,19-20H,6-7,9-12,14H2,1-5H3;1H3/t19-,20-,21-,22+;/m0./s1. The summed E-state index contributed by atoms with van der Waals surface area (Å²) in [5.74, 6) is 1.84. The molecule has 3 rings (SSSR count). The summed E-state index contributed by atoms with van der Waals surface area (Å²) in [6, 6.07) is 0. The first-order chi connectivity index (χ1) is 11.3. The monoisotopic (exact) mass is 347 g/mol. The van der Waals surface area contributed by atoms with E-state index in [-0.39, 0.29) is 17.5 Å². The van der Waals surface area contributed by atoms with Gasteiger partial charge in [0.1, 0.15) is 0 Å². The Morgan fingerprint density at radius 1 is 1.32 bits per heavy atom. The molecule has 142 valence electrons. The quantitative estimate of drug-likeness (QED) is 0.652. The highest BCUT2D eigenvalue weighted by atomic mass is 16.5. The maximum absolute atomic E-state index is 11.4. The van der Waals surface area contributed by atoms with Crippen LogP contribution >= 0.6 is 0 Å². The number of rotatable bonds is 3. The Balaban J connectivity index is 0.00000225. The average Bonchev–Trinajstić information content (AvgIpc) is 2.52. The van der Waals surface area contributed by atoms with Crippen LogP contribution in [0.25, 0.3) is 0 Å². The second kappa shape index (κ2) is 7.26. The molecule has 0 bridgehead atoms. The van der Waals surface area contributed by atoms with Crippen LogP contribution in [0.3, 0.4) is 0 Å². The normalized spacial score (nSPS) is 37.2. The van der Waals surface area contributed by atoms with Gasteiger partial charge in [-0.15, -0.1) is 0 Å². The topological polar surface area (TPSA) is 61.3 Å². The molecular formula is C22H37NO2. The number of hydrogen-bond donors (Lipinski definition) is 1. The summed E-state index contributed by atoms with van der Waals surface area (Å²) < 4.78 is 5.49. The molecule has 3 heteroatoms. The van der Waals surface area contributed by atoms with E-state index in [4.69, 9.17) is 4.74 Å². The molecule has 0 saturated heterocycles. The predicted octanol–water partition coefficient (Wildman–Crippen LogP) is 5.85. The summed E-state index contributed by atoms with van der Waals surface area (Å²) >= 11 is 0. The van der Waals surface area contributed by atoms with Crippen LogP contribution in [0.2, 0.25) is 0 Å². The number of allylic oxidation sites excluding steroid dienone is 4. The van der Waals surface area contributed by atoms with Crippen molar-refractivity contribution in [3.63, 3.8) is 0 Å². The molecule has 4 atom stereocenters. The molecular weight excluding hydrogens is 310 g/mol. The Morgan fingerprint density at radius 2 is 2.04 bits per heavy atom. The third-order valence-electron chi connectivity index (χ3n) is 7.31. The van der Waals surface area contributed by atoms with E-state index in [9.17, 15) is 4.79 Å². The fraction of sp³-hybridized carbons (Fsp3) is 0.773. The molecule has 0 radical (unpaired) electrons. The Bertz CT molecular complexity index is 577. The van der Waals surface area contributed by atoms with E-state index >= 15 is 0 Å². The van der Waals surface area contributed by atoms with Gasteiger partial charge in [-0.3, -0.25) is 4.79 Å². The van der Waals surface area contributed by atoms with Crippen molar-refractivity contribution >= 4 is 5.97 Å². The largest absolute Gasteiger partial charge is 0.465 e. The minimum Gasteiger partial charge on any atom is -0.465 e. The van der Waals surface area contributed by atoms with Gasteiger partial charge >= 0.3 is 5.97 Å². The van der Waals surface area contributed by atoms with E-state index in [0.717, 1.165) is 6.42 Å². The van der Waals surface area contributed by atoms with E-state index in [1.807, 2.05) is 0 Å². The molecule has 0 aromatic rings. The van der Waals surface area contributed by atoms with Gasteiger partial charge in [0.2, 0.25) is 0 Å². The van der Waals surface area contributed by atoms with Crippen LogP contribution in [0.15, 0.2) is 23.3 Å². The molecule has 0 aromatic carbocycles. The van der Waals surface area contributed by atoms with Crippen molar-refractivity contribution in [2.45, 2.75) is 73.1 Å². The Kier molecular flexibility index (Phi) is 5.88. The van der Waals surface area contributed by atoms with Gasteiger partial charge in [-0.1, -0.05) is 51.8 Å². The molecule has 0 aliphatic heterocycles. The van der Waals surface area contributed by atoms with Crippen LogP contribution in [0.5, 0.6) is 0 Å². The summed E-state index contributed by atoms with van der Waals surface area (Å²) in [4.78, 5) is 11.4. The fourth-order valence-corrected chi connectivity index (χ4v) is 5.91. The first kappa shape index (κ1) is 20.2. The van der Waals surface area contributed by atoms with Crippen molar-refractivity contribution in [2.75, 3.05) is 6.61 Å². The van der Waals surface area contributed by atoms with Crippen LogP contribution in [-0.4, -0.2) is 12.6 Å². The number of ether oxygens (including phenoxy) is 1. The van der Waals surface area contributed by atoms with Gasteiger partial charge in [-0.25, -0.2) is 0 Å². The smallest absolute Gasteiger partial charge is 0.302 e. The van der Waals surface area contributed by atoms with E-state index in [1.54, 1.807) is 11.1 Å². The number of hydrogen-bond acceptors (Lipinski definition) is 3. The molecule has 3 aliphatic rings. The lowest BCUT2D eigenvalue weighted by molar-refractivity contribution is -0.151. The van der Waals surface area contributed by atoms with Crippen molar-refractivity contribution in [1.82, 2.24) is 6.15 Å². The highest BCUT2D eigenvalue weighted by Crippen LogP contribution is 2.62. The van der Waals surface area contributed by atoms with Crippen LogP contribution < -0.4 is 6.15 Å². The maximum atomic E-state index is 11.4. The van der Waals surface area contributed by atoms with Gasteiger partial charge in [0, 0.05) is 12.3 Å². The molecule has 1 saturated carbocycles. The van der Waals surface area contributed by atoms with Gasteiger partial charge in [-0.2, -0.15) is 0 Å². The molecule has 0 aromatic heterocycles. The van der Waals surface area contributed by atoms with Crippen LogP contribution in [-0.2, 0) is 9.53 Å². The third kappa shape index (κ3) is 3.58. The lowest BCUT2D eigenvalue weighted by Gasteiger charge is -2.58. The zero-order chi connectivity index (χ0) is 17.5. The average molecular weight is 348 g/mol. The maximum Gasteiger partial charge on any atom is 0.302 e. The fourth-order valence-electron chi connectivity index (χ4n) is 5.91. The number of carbonyl (C=O) groups is 1. The molecule has 0 spiro atoms. The first-order valence-corrected chi connectivity index (χ1v) is 9.80. The van der Waals surface area contributed by atoms with Crippen molar-refractivity contribution < 1.29 is 9.53 Å². The van der Waals surface area contributed by atoms with Crippen LogP contribution in [0.1, 0.15) is 73.1 Å². The van der Waals surface area contributed by atoms with E-state index in [0.29, 0.717) is 29.8 Å². The molecule has 0 amide bonds. The highest BCUT2D eigenvalue weighted by Gasteiger charge is 2.54. The third-order valence-corrected chi connectivity index (χ3v) is 7.31. The zero-order valence-electron chi connectivity index (χ0n) is 16.9. The molecule has 3 nitrogen and oxygen atoms in total. The summed E-state index contributed by atoms with van der Waals surface area (Å²) in [6.45, 7) is 11.6. The summed E-state index contributed by atoms with van der Waals surface area (Å²) in [5, 5.41) is 0. The minimum atomic E-state index is -0.141. The molecule has 3 N–H and O–H groups in total. The highest BCUT2D eigenvalue weighted by molar-refractivity contribution is 5.65. The lowest BCUT2D eigenvalue weighted by Crippen LogP contribution is -2.51. The predicted molar refractivity (Wildman–Crippen MR) is 104 cm³/mol. The number of esters is 1. The van der Waals surface area contributed by atoms with Crippen molar-refractivity contribution in [1.29, 1.82) is 0 Å². The SMILES string of the molecule is CC(=O)OC[C@]1(C)CCC[C@]2(C)[C@H]3CCC(C(C)C)=CC3=CC[C@@H]12.N. The van der Waals surface area contributed by atoms with Gasteiger partial charge in [-0.05, 0) is 60.8 Å². The van der Waals surface area contributed by atoms with Gasteiger partial charge in [0.15, 0.2) is 0 Å². The van der Waals surface area contributed by atoms with Gasteiger partial charge in [0.05, 0.1) is 6.61 Å². The summed E-state index contributed by atoms with van der Waals surface area (Å²) in [7, 11) is 0. The van der Waals surface area contributed by atoms with E-state index in [1.165, 1.54) is 39.0 Å². The minimum absolute atomic E-state index is 0. The second-order valence-electron chi connectivity index (χ2n) is 9.25. The number of carbonyl (C=O) groups excluding carboxylic acids is 1. The van der Waals surface area contributed by atoms with Gasteiger partial charge < -0.3 is 10.9 Å². The Labute approximate surface area is 153 Å². The summed E-state index contributed by atoms with van der Waals surface area (Å²) in [6.07, 6.45) is 12.5. The molecule has 0 heterocycles. The van der Waals surface area contributed by atoms with Crippen molar-refractivity contribution in [2.24, 2.45) is 28.6 Å². The summed E-state index contributed by atoms with van der Waals surface area (Å²) in [5.41, 5.74) is 3.71. The zero-order valence-corrected chi connectivity index (χ0v) is 16.9. The van der Waals surface area contributed by atoms with E-state index < -0.39 is 0 Å². The van der Waals surface area contributed by atoms with Crippen LogP contribution in [0, 0.1) is 28.6 Å². The molecule has 1 fully saturated rings. The second-order valence-corrected chi connectivity index (χ2v) is 9.25. The Morgan fingerprint density at radius 3 is 2.68 bits per heavy atom. The number of fused-ring (bicyclic) bond motifs is 3. The van der Waals surface area contributed by atoms with Crippen molar-refractivity contribution in [3.8, 4) is 0 Å². The van der Waals surface area contributed by atoms with E-state index in [2.05, 4.69) is 39.8 Å². The molecule has 25 heavy (non-hydrogen) atoms. The molecule has 3 aliphatic carbocycles. The first-order valence-electron chi connectivity index (χ1n) is 9.80.